The smallest absolute Gasteiger partial charge is 0.00704 e. The molecule has 1 aromatic rings. The zero-order valence-corrected chi connectivity index (χ0v) is 8.40. The second kappa shape index (κ2) is 3.51. The number of likely N-dealkylation sites (tertiary alicyclic amines) is 1. The Morgan fingerprint density at radius 1 is 1.23 bits per heavy atom. The van der Waals surface area contributed by atoms with Crippen molar-refractivity contribution in [3.05, 3.63) is 35.9 Å². The van der Waals surface area contributed by atoms with Crippen LogP contribution in [0.3, 0.4) is 0 Å². The molecule has 0 N–H and O–H groups in total. The molecule has 1 nitrogen and oxygen atoms in total. The third-order valence-corrected chi connectivity index (χ3v) is 3.16. The first-order chi connectivity index (χ1) is 6.27. The molecule has 1 saturated heterocycles. The lowest BCUT2D eigenvalue weighted by Crippen LogP contribution is -2.21. The zero-order valence-electron chi connectivity index (χ0n) is 8.40. The third-order valence-electron chi connectivity index (χ3n) is 3.16. The van der Waals surface area contributed by atoms with Gasteiger partial charge in [0.25, 0.3) is 0 Å². The average molecular weight is 175 g/mol. The van der Waals surface area contributed by atoms with Crippen LogP contribution >= 0.6 is 0 Å². The van der Waals surface area contributed by atoms with Crippen molar-refractivity contribution < 1.29 is 0 Å². The Hall–Kier alpha value is -0.820. The van der Waals surface area contributed by atoms with E-state index in [1.807, 2.05) is 0 Å². The van der Waals surface area contributed by atoms with Crippen molar-refractivity contribution in [1.29, 1.82) is 0 Å². The predicted octanol–water partition coefficient (Wildman–Crippen LogP) is 2.49. The molecule has 1 aliphatic heterocycles. The molecule has 1 heteroatoms. The van der Waals surface area contributed by atoms with Crippen LogP contribution in [-0.2, 0) is 0 Å². The monoisotopic (exact) mass is 175 g/mol. The van der Waals surface area contributed by atoms with Gasteiger partial charge in [-0.2, -0.15) is 0 Å². The highest BCUT2D eigenvalue weighted by Crippen LogP contribution is 2.29. The van der Waals surface area contributed by atoms with Crippen LogP contribution in [-0.4, -0.2) is 24.5 Å². The minimum absolute atomic E-state index is 0.741. The summed E-state index contributed by atoms with van der Waals surface area (Å²) in [5, 5.41) is 0. The number of nitrogens with zero attached hydrogens (tertiary/aromatic N) is 1. The van der Waals surface area contributed by atoms with Crippen LogP contribution in [0.4, 0.5) is 0 Å². The minimum atomic E-state index is 0.741. The molecule has 0 bridgehead atoms. The molecular weight excluding hydrogens is 158 g/mol. The van der Waals surface area contributed by atoms with Crippen LogP contribution in [0.2, 0.25) is 0 Å². The van der Waals surface area contributed by atoms with Gasteiger partial charge in [0.2, 0.25) is 0 Å². The van der Waals surface area contributed by atoms with Crippen LogP contribution in [0, 0.1) is 0 Å². The van der Waals surface area contributed by atoms with Gasteiger partial charge in [0.1, 0.15) is 0 Å². The van der Waals surface area contributed by atoms with Gasteiger partial charge in [-0.3, -0.25) is 0 Å². The van der Waals surface area contributed by atoms with E-state index in [0.717, 1.165) is 12.0 Å². The Morgan fingerprint density at radius 3 is 2.46 bits per heavy atom. The Balaban J connectivity index is 2.12. The largest absolute Gasteiger partial charge is 0.303 e. The molecule has 1 aromatic carbocycles. The van der Waals surface area contributed by atoms with Crippen molar-refractivity contribution in [3.63, 3.8) is 0 Å². The summed E-state index contributed by atoms with van der Waals surface area (Å²) in [4.78, 5) is 2.44. The van der Waals surface area contributed by atoms with Crippen molar-refractivity contribution in [3.8, 4) is 0 Å². The van der Waals surface area contributed by atoms with Gasteiger partial charge in [-0.15, -0.1) is 0 Å². The number of benzene rings is 1. The van der Waals surface area contributed by atoms with Gasteiger partial charge in [0, 0.05) is 12.6 Å². The summed E-state index contributed by atoms with van der Waals surface area (Å²) in [5.41, 5.74) is 1.50. The fourth-order valence-corrected chi connectivity index (χ4v) is 2.16. The molecule has 13 heavy (non-hydrogen) atoms. The van der Waals surface area contributed by atoms with Gasteiger partial charge >= 0.3 is 0 Å². The molecule has 0 aliphatic carbocycles. The Morgan fingerprint density at radius 2 is 1.92 bits per heavy atom. The topological polar surface area (TPSA) is 3.24 Å². The highest BCUT2D eigenvalue weighted by molar-refractivity contribution is 5.21. The van der Waals surface area contributed by atoms with Crippen molar-refractivity contribution in [2.45, 2.75) is 25.3 Å². The van der Waals surface area contributed by atoms with E-state index in [4.69, 9.17) is 0 Å². The van der Waals surface area contributed by atoms with E-state index >= 15 is 0 Å². The van der Waals surface area contributed by atoms with E-state index < -0.39 is 0 Å². The molecule has 0 spiro atoms. The number of likely N-dealkylation sites (N-methyl/N-ethyl adjacent to an activating group) is 1. The number of hydrogen-bond donors (Lipinski definition) is 0. The minimum Gasteiger partial charge on any atom is -0.303 e. The van der Waals surface area contributed by atoms with Gasteiger partial charge in [-0.25, -0.2) is 0 Å². The van der Waals surface area contributed by atoms with Crippen LogP contribution < -0.4 is 0 Å². The highest BCUT2D eigenvalue weighted by atomic mass is 15.1. The number of rotatable bonds is 1. The van der Waals surface area contributed by atoms with E-state index in [9.17, 15) is 0 Å². The van der Waals surface area contributed by atoms with Crippen LogP contribution in [0.1, 0.15) is 24.8 Å². The maximum absolute atomic E-state index is 2.44. The molecule has 0 aromatic heterocycles. The first-order valence-electron chi connectivity index (χ1n) is 5.02. The molecule has 0 radical (unpaired) electrons. The molecule has 0 amide bonds. The van der Waals surface area contributed by atoms with Gasteiger partial charge in [0.15, 0.2) is 0 Å². The predicted molar refractivity (Wildman–Crippen MR) is 55.9 cm³/mol. The van der Waals surface area contributed by atoms with E-state index in [1.54, 1.807) is 0 Å². The fourth-order valence-electron chi connectivity index (χ4n) is 2.16. The van der Waals surface area contributed by atoms with Crippen molar-refractivity contribution in [2.75, 3.05) is 13.6 Å². The van der Waals surface area contributed by atoms with Gasteiger partial charge in [-0.1, -0.05) is 30.3 Å². The lowest BCUT2D eigenvalue weighted by molar-refractivity contribution is 0.329. The molecule has 2 rings (SSSR count). The second-order valence-electron chi connectivity index (χ2n) is 4.13. The lowest BCUT2D eigenvalue weighted by atomic mass is 9.97. The summed E-state index contributed by atoms with van der Waals surface area (Å²) >= 11 is 0. The third kappa shape index (κ3) is 1.75. The molecule has 70 valence electrons. The molecule has 0 saturated carbocycles. The van der Waals surface area contributed by atoms with Crippen LogP contribution in [0.15, 0.2) is 30.3 Å². The van der Waals surface area contributed by atoms with Gasteiger partial charge in [0.05, 0.1) is 0 Å². The SMILES string of the molecule is C[C@@H]1C[C@H](c2ccccc2)CN1C. The summed E-state index contributed by atoms with van der Waals surface area (Å²) in [7, 11) is 2.22. The average Bonchev–Trinajstić information content (AvgIpc) is 2.49. The van der Waals surface area contributed by atoms with Crippen molar-refractivity contribution in [2.24, 2.45) is 0 Å². The Kier molecular flexibility index (Phi) is 2.36. The van der Waals surface area contributed by atoms with E-state index in [0.29, 0.717) is 0 Å². The summed E-state index contributed by atoms with van der Waals surface area (Å²) in [5.74, 6) is 0.751. The maximum atomic E-state index is 2.44. The highest BCUT2D eigenvalue weighted by Gasteiger charge is 2.26. The summed E-state index contributed by atoms with van der Waals surface area (Å²) < 4.78 is 0. The van der Waals surface area contributed by atoms with Crippen molar-refractivity contribution in [1.82, 2.24) is 4.90 Å². The first-order valence-corrected chi connectivity index (χ1v) is 5.02. The number of hydrogen-bond acceptors (Lipinski definition) is 1. The Labute approximate surface area is 80.4 Å². The second-order valence-corrected chi connectivity index (χ2v) is 4.13. The maximum Gasteiger partial charge on any atom is 0.00704 e. The zero-order chi connectivity index (χ0) is 9.26. The molecule has 1 aliphatic rings. The van der Waals surface area contributed by atoms with Crippen LogP contribution in [0.25, 0.3) is 0 Å². The van der Waals surface area contributed by atoms with Gasteiger partial charge in [-0.05, 0) is 31.9 Å². The molecule has 1 fully saturated rings. The summed E-state index contributed by atoms with van der Waals surface area (Å²) in [6.45, 7) is 3.52. The molecule has 0 unspecified atom stereocenters. The Bertz CT molecular complexity index is 258. The van der Waals surface area contributed by atoms with E-state index in [-0.39, 0.29) is 0 Å². The summed E-state index contributed by atoms with van der Waals surface area (Å²) in [6, 6.07) is 11.6. The normalized spacial score (nSPS) is 29.4. The first kappa shape index (κ1) is 8.76. The standard InChI is InChI=1S/C12H17N/c1-10-8-12(9-13(10)2)11-6-4-3-5-7-11/h3-7,10,12H,8-9H2,1-2H3/t10-,12+/m1/s1. The quantitative estimate of drug-likeness (QED) is 0.634. The summed E-state index contributed by atoms with van der Waals surface area (Å²) in [6.07, 6.45) is 1.31. The fraction of sp³-hybridized carbons (Fsp3) is 0.500. The lowest BCUT2D eigenvalue weighted by Gasteiger charge is -2.12. The van der Waals surface area contributed by atoms with Crippen LogP contribution in [0.5, 0.6) is 0 Å². The molecule has 1 heterocycles. The van der Waals surface area contributed by atoms with E-state index in [2.05, 4.69) is 49.2 Å². The van der Waals surface area contributed by atoms with E-state index in [1.165, 1.54) is 18.5 Å². The van der Waals surface area contributed by atoms with Gasteiger partial charge < -0.3 is 4.90 Å². The molecular formula is C12H17N. The molecule has 2 atom stereocenters. The van der Waals surface area contributed by atoms with Crippen molar-refractivity contribution >= 4 is 0 Å².